The maximum absolute atomic E-state index is 11.2. The summed E-state index contributed by atoms with van der Waals surface area (Å²) in [7, 11) is 1.60. The molecule has 0 amide bonds. The highest BCUT2D eigenvalue weighted by Gasteiger charge is 2.09. The van der Waals surface area contributed by atoms with Crippen molar-refractivity contribution in [1.82, 2.24) is 20.6 Å². The van der Waals surface area contributed by atoms with Crippen LogP contribution >= 0.6 is 0 Å². The van der Waals surface area contributed by atoms with E-state index in [1.165, 1.54) is 12.0 Å². The number of pyridine rings is 2. The fraction of sp³-hybridized carbons (Fsp3) is 0.542. The molecule has 0 radical (unpaired) electrons. The Bertz CT molecular complexity index is 773. The van der Waals surface area contributed by atoms with Crippen LogP contribution in [0.3, 0.4) is 0 Å². The van der Waals surface area contributed by atoms with Gasteiger partial charge in [-0.25, -0.2) is 9.97 Å². The van der Waals surface area contributed by atoms with Gasteiger partial charge in [-0.3, -0.25) is 4.79 Å². The fourth-order valence-corrected chi connectivity index (χ4v) is 3.22. The molecule has 0 saturated carbocycles. The molecule has 3 heterocycles. The third-order valence-electron chi connectivity index (χ3n) is 4.87. The van der Waals surface area contributed by atoms with Crippen LogP contribution in [0.4, 0.5) is 5.82 Å². The number of anilines is 1. The molecule has 0 aromatic carbocycles. The van der Waals surface area contributed by atoms with Gasteiger partial charge in [-0.2, -0.15) is 0 Å². The van der Waals surface area contributed by atoms with E-state index in [1.54, 1.807) is 19.4 Å². The summed E-state index contributed by atoms with van der Waals surface area (Å²) in [5, 5.41) is 10.0. The summed E-state index contributed by atoms with van der Waals surface area (Å²) in [6.45, 7) is 6.73. The Hall–Kier alpha value is -2.71. The van der Waals surface area contributed by atoms with Gasteiger partial charge in [-0.05, 0) is 56.8 Å². The summed E-state index contributed by atoms with van der Waals surface area (Å²) in [5.41, 5.74) is 2.51. The Labute approximate surface area is 191 Å². The highest BCUT2D eigenvalue weighted by molar-refractivity contribution is 5.69. The molecule has 2 aromatic heterocycles. The monoisotopic (exact) mass is 443 g/mol. The molecule has 0 saturated heterocycles. The zero-order valence-corrected chi connectivity index (χ0v) is 19.4. The smallest absolute Gasteiger partial charge is 0.307 e. The van der Waals surface area contributed by atoms with E-state index in [4.69, 9.17) is 14.5 Å². The van der Waals surface area contributed by atoms with Crippen LogP contribution in [-0.2, 0) is 22.4 Å². The number of rotatable bonds is 12. The summed E-state index contributed by atoms with van der Waals surface area (Å²) in [6.07, 6.45) is 6.55. The number of carbonyl (C=O) groups excluding carboxylic acids is 1. The van der Waals surface area contributed by atoms with E-state index in [-0.39, 0.29) is 5.97 Å². The molecular weight excluding hydrogens is 406 g/mol. The van der Waals surface area contributed by atoms with Gasteiger partial charge in [0.25, 0.3) is 0 Å². The van der Waals surface area contributed by atoms with Crippen LogP contribution in [0.15, 0.2) is 36.5 Å². The molecule has 0 fully saturated rings. The minimum atomic E-state index is -0.134. The number of esters is 1. The second kappa shape index (κ2) is 16.0. The molecule has 3 N–H and O–H groups in total. The maximum Gasteiger partial charge on any atom is 0.307 e. The van der Waals surface area contributed by atoms with Crippen molar-refractivity contribution in [2.75, 3.05) is 51.8 Å². The molecule has 0 unspecified atom stereocenters. The highest BCUT2D eigenvalue weighted by Crippen LogP contribution is 2.19. The summed E-state index contributed by atoms with van der Waals surface area (Å²) >= 11 is 0. The standard InChI is InChI=1S/C18H30N4O2.C6H7NO/c1-2-24-17(23)9-12-20-14-13-19-10-4-6-16-8-7-15-5-3-11-21-18(15)22-16;1-8-6-4-2-3-5-7-6/h7-8,19-20H,2-6,9-14H2,1H3,(H,21,22);2-5H,1H3. The molecule has 1 aliphatic heterocycles. The van der Waals surface area contributed by atoms with Crippen LogP contribution in [0.2, 0.25) is 0 Å². The number of aromatic nitrogens is 2. The first-order valence-corrected chi connectivity index (χ1v) is 11.5. The number of nitrogens with zero attached hydrogens (tertiary/aromatic N) is 2. The van der Waals surface area contributed by atoms with Crippen molar-refractivity contribution in [3.63, 3.8) is 0 Å². The lowest BCUT2D eigenvalue weighted by molar-refractivity contribution is -0.142. The first-order valence-electron chi connectivity index (χ1n) is 11.5. The lowest BCUT2D eigenvalue weighted by Gasteiger charge is -2.17. The van der Waals surface area contributed by atoms with Gasteiger partial charge >= 0.3 is 5.97 Å². The SMILES string of the molecule is CCOC(=O)CCNCCNCCCc1ccc2c(n1)NCCC2.COc1ccccn1. The van der Waals surface area contributed by atoms with Crippen LogP contribution in [0.1, 0.15) is 37.4 Å². The lowest BCUT2D eigenvalue weighted by atomic mass is 10.1. The van der Waals surface area contributed by atoms with Crippen LogP contribution < -0.4 is 20.7 Å². The van der Waals surface area contributed by atoms with E-state index in [9.17, 15) is 4.79 Å². The predicted octanol–water partition coefficient (Wildman–Crippen LogP) is 2.59. The largest absolute Gasteiger partial charge is 0.481 e. The maximum atomic E-state index is 11.2. The number of nitrogens with one attached hydrogen (secondary N) is 3. The van der Waals surface area contributed by atoms with Crippen molar-refractivity contribution in [3.8, 4) is 5.88 Å². The Kier molecular flexibility index (Phi) is 12.8. The molecule has 8 heteroatoms. The van der Waals surface area contributed by atoms with E-state index in [0.29, 0.717) is 25.5 Å². The zero-order chi connectivity index (χ0) is 22.9. The summed E-state index contributed by atoms with van der Waals surface area (Å²) in [6, 6.07) is 9.90. The molecule has 0 aliphatic carbocycles. The van der Waals surface area contributed by atoms with Gasteiger partial charge in [0.1, 0.15) is 5.82 Å². The number of hydrogen-bond donors (Lipinski definition) is 3. The van der Waals surface area contributed by atoms with Crippen molar-refractivity contribution in [2.24, 2.45) is 0 Å². The summed E-state index contributed by atoms with van der Waals surface area (Å²) in [4.78, 5) is 19.7. The Morgan fingerprint density at radius 1 is 1.12 bits per heavy atom. The van der Waals surface area contributed by atoms with Crippen LogP contribution in [0, 0.1) is 0 Å². The van der Waals surface area contributed by atoms with Crippen molar-refractivity contribution in [2.45, 2.75) is 39.0 Å². The molecule has 0 spiro atoms. The van der Waals surface area contributed by atoms with Crippen LogP contribution in [0.25, 0.3) is 0 Å². The fourth-order valence-electron chi connectivity index (χ4n) is 3.22. The van der Waals surface area contributed by atoms with Crippen molar-refractivity contribution in [1.29, 1.82) is 0 Å². The molecule has 3 rings (SSSR count). The number of carbonyl (C=O) groups is 1. The predicted molar refractivity (Wildman–Crippen MR) is 127 cm³/mol. The van der Waals surface area contributed by atoms with E-state index in [0.717, 1.165) is 57.0 Å². The average Bonchev–Trinajstić information content (AvgIpc) is 2.84. The third-order valence-corrected chi connectivity index (χ3v) is 4.87. The lowest BCUT2D eigenvalue weighted by Crippen LogP contribution is -2.29. The van der Waals surface area contributed by atoms with Crippen LogP contribution in [-0.4, -0.2) is 62.4 Å². The van der Waals surface area contributed by atoms with Gasteiger partial charge < -0.3 is 25.4 Å². The van der Waals surface area contributed by atoms with Gasteiger partial charge in [0, 0.05) is 44.1 Å². The first-order chi connectivity index (χ1) is 15.7. The zero-order valence-electron chi connectivity index (χ0n) is 19.4. The van der Waals surface area contributed by atoms with Gasteiger partial charge in [-0.1, -0.05) is 12.1 Å². The molecular formula is C24H37N5O3. The Morgan fingerprint density at radius 2 is 1.97 bits per heavy atom. The van der Waals surface area contributed by atoms with Gasteiger partial charge in [-0.15, -0.1) is 0 Å². The van der Waals surface area contributed by atoms with E-state index < -0.39 is 0 Å². The minimum absolute atomic E-state index is 0.134. The van der Waals surface area contributed by atoms with Gasteiger partial charge in [0.15, 0.2) is 0 Å². The van der Waals surface area contributed by atoms with Crippen molar-refractivity contribution < 1.29 is 14.3 Å². The molecule has 2 aromatic rings. The molecule has 0 bridgehead atoms. The topological polar surface area (TPSA) is 97.4 Å². The number of methoxy groups -OCH3 is 1. The number of aryl methyl sites for hydroxylation is 2. The summed E-state index contributed by atoms with van der Waals surface area (Å²) < 4.78 is 9.68. The highest BCUT2D eigenvalue weighted by atomic mass is 16.5. The normalized spacial score (nSPS) is 12.1. The number of hydrogen-bond acceptors (Lipinski definition) is 8. The Morgan fingerprint density at radius 3 is 2.69 bits per heavy atom. The van der Waals surface area contributed by atoms with Gasteiger partial charge in [0.05, 0.1) is 20.1 Å². The molecule has 176 valence electrons. The van der Waals surface area contributed by atoms with Crippen molar-refractivity contribution in [3.05, 3.63) is 47.8 Å². The quantitative estimate of drug-likeness (QED) is 0.340. The third kappa shape index (κ3) is 10.5. The Balaban J connectivity index is 0.000000380. The first kappa shape index (κ1) is 25.5. The second-order valence-electron chi connectivity index (χ2n) is 7.37. The van der Waals surface area contributed by atoms with Gasteiger partial charge in [0.2, 0.25) is 5.88 Å². The van der Waals surface area contributed by atoms with E-state index >= 15 is 0 Å². The van der Waals surface area contributed by atoms with Crippen LogP contribution in [0.5, 0.6) is 5.88 Å². The van der Waals surface area contributed by atoms with E-state index in [1.807, 2.05) is 19.1 Å². The average molecular weight is 444 g/mol. The second-order valence-corrected chi connectivity index (χ2v) is 7.37. The molecule has 8 nitrogen and oxygen atoms in total. The molecule has 32 heavy (non-hydrogen) atoms. The molecule has 0 atom stereocenters. The number of fused-ring (bicyclic) bond motifs is 1. The molecule has 1 aliphatic rings. The minimum Gasteiger partial charge on any atom is -0.481 e. The summed E-state index contributed by atoms with van der Waals surface area (Å²) in [5.74, 6) is 1.61. The number of ether oxygens (including phenoxy) is 2. The van der Waals surface area contributed by atoms with Crippen molar-refractivity contribution >= 4 is 11.8 Å². The van der Waals surface area contributed by atoms with E-state index in [2.05, 4.69) is 33.1 Å².